The summed E-state index contributed by atoms with van der Waals surface area (Å²) in [6, 6.07) is 45.2. The van der Waals surface area contributed by atoms with Gasteiger partial charge in [-0.05, 0) is 45.7 Å². The topological polar surface area (TPSA) is 0 Å². The van der Waals surface area contributed by atoms with Gasteiger partial charge in [0.15, 0.2) is 0 Å². The van der Waals surface area contributed by atoms with Crippen LogP contribution in [-0.4, -0.2) is 16.1 Å². The average molecular weight is 565 g/mol. The molecule has 0 unspecified atom stereocenters. The van der Waals surface area contributed by atoms with Gasteiger partial charge in [-0.2, -0.15) is 0 Å². The minimum atomic E-state index is -2.23. The molecular formula is C39H40Si2. The Hall–Kier alpha value is -4.09. The van der Waals surface area contributed by atoms with Crippen molar-refractivity contribution >= 4 is 36.9 Å². The van der Waals surface area contributed by atoms with Crippen LogP contribution in [-0.2, 0) is 0 Å². The third-order valence-corrected chi connectivity index (χ3v) is 16.0. The number of hydrogen-bond donors (Lipinski definition) is 0. The first kappa shape index (κ1) is 29.9. The normalized spacial score (nSPS) is 10.9. The Kier molecular flexibility index (Phi) is 11.4. The molecule has 0 bridgehead atoms. The van der Waals surface area contributed by atoms with Crippen LogP contribution in [0.5, 0.6) is 0 Å². The molecular weight excluding hydrogens is 525 g/mol. The zero-order valence-electron chi connectivity index (χ0n) is 24.1. The largest absolute Gasteiger partial charge is 0.202 e. The van der Waals surface area contributed by atoms with E-state index in [1.807, 2.05) is 0 Å². The van der Waals surface area contributed by atoms with Gasteiger partial charge in [0.05, 0.1) is 0 Å². The van der Waals surface area contributed by atoms with Crippen LogP contribution in [0.2, 0.25) is 12.1 Å². The molecule has 2 heteroatoms. The van der Waals surface area contributed by atoms with Gasteiger partial charge in [0.2, 0.25) is 16.1 Å². The fraction of sp³-hybridized carbons (Fsp3) is 0.179. The van der Waals surface area contributed by atoms with E-state index in [-0.39, 0.29) is 0 Å². The molecule has 0 N–H and O–H groups in total. The van der Waals surface area contributed by atoms with Gasteiger partial charge in [-0.15, -0.1) is 36.1 Å². The molecule has 0 atom stereocenters. The molecule has 41 heavy (non-hydrogen) atoms. The van der Waals surface area contributed by atoms with Crippen molar-refractivity contribution in [2.45, 2.75) is 44.2 Å². The Morgan fingerprint density at radius 3 is 1.00 bits per heavy atom. The molecule has 204 valence electrons. The first-order valence-electron chi connectivity index (χ1n) is 14.7. The lowest BCUT2D eigenvalue weighted by Gasteiger charge is -2.26. The fourth-order valence-electron chi connectivity index (χ4n) is 5.55. The molecule has 4 rings (SSSR count). The number of rotatable bonds is 12. The maximum atomic E-state index is 4.10. The van der Waals surface area contributed by atoms with E-state index < -0.39 is 16.1 Å². The second-order valence-corrected chi connectivity index (χ2v) is 17.7. The summed E-state index contributed by atoms with van der Waals surface area (Å²) in [5, 5.41) is 5.44. The molecule has 0 spiro atoms. The molecule has 0 aliphatic carbocycles. The molecule has 0 nitrogen and oxygen atoms in total. The zero-order valence-corrected chi connectivity index (χ0v) is 26.1. The fourth-order valence-corrected chi connectivity index (χ4v) is 12.7. The Bertz CT molecular complexity index is 1290. The van der Waals surface area contributed by atoms with Gasteiger partial charge in [-0.3, -0.25) is 0 Å². The third-order valence-electron chi connectivity index (χ3n) is 7.67. The van der Waals surface area contributed by atoms with E-state index >= 15 is 0 Å². The van der Waals surface area contributed by atoms with Crippen molar-refractivity contribution in [3.63, 3.8) is 0 Å². The van der Waals surface area contributed by atoms with Gasteiger partial charge in [0.25, 0.3) is 0 Å². The lowest BCUT2D eigenvalue weighted by Crippen LogP contribution is -2.57. The number of allylic oxidation sites excluding steroid dienone is 2. The summed E-state index contributed by atoms with van der Waals surface area (Å²) in [7, 11) is -4.45. The molecule has 0 aliphatic rings. The summed E-state index contributed by atoms with van der Waals surface area (Å²) in [5.41, 5.74) is 7.65. The molecule has 4 aromatic carbocycles. The van der Waals surface area contributed by atoms with Crippen molar-refractivity contribution in [2.75, 3.05) is 0 Å². The van der Waals surface area contributed by atoms with Crippen molar-refractivity contribution in [1.82, 2.24) is 0 Å². The Labute approximate surface area is 249 Å². The summed E-state index contributed by atoms with van der Waals surface area (Å²) in [5.74, 6) is 7.21. The molecule has 0 radical (unpaired) electrons. The van der Waals surface area contributed by atoms with Crippen LogP contribution >= 0.6 is 0 Å². The molecule has 0 aliphatic heterocycles. The monoisotopic (exact) mass is 564 g/mol. The Morgan fingerprint density at radius 1 is 0.439 bits per heavy atom. The van der Waals surface area contributed by atoms with Crippen molar-refractivity contribution in [1.29, 1.82) is 0 Å². The van der Waals surface area contributed by atoms with E-state index in [0.717, 1.165) is 44.2 Å². The predicted octanol–water partition coefficient (Wildman–Crippen LogP) is 6.92. The van der Waals surface area contributed by atoms with Gasteiger partial charge in [-0.1, -0.05) is 140 Å². The number of benzene rings is 4. The van der Waals surface area contributed by atoms with Crippen LogP contribution in [0.1, 0.15) is 32.1 Å². The van der Waals surface area contributed by atoms with E-state index in [4.69, 9.17) is 0 Å². The first-order chi connectivity index (χ1) is 20.2. The summed E-state index contributed by atoms with van der Waals surface area (Å²) in [6.45, 7) is 8.20. The molecule has 0 aromatic heterocycles. The maximum absolute atomic E-state index is 4.10. The number of unbranched alkanes of at least 4 members (excludes halogenated alkanes) is 4. The zero-order chi connectivity index (χ0) is 28.6. The molecule has 0 saturated heterocycles. The van der Waals surface area contributed by atoms with Gasteiger partial charge in [0, 0.05) is 12.8 Å². The van der Waals surface area contributed by atoms with E-state index in [1.165, 1.54) is 20.7 Å². The SMILES string of the molecule is C=CC[Si](C#CCCCCCC#C[Si](CC=C)(c1ccccc1)c1ccccc1)(c1ccccc1)c1ccccc1. The highest BCUT2D eigenvalue weighted by Gasteiger charge is 2.35. The lowest BCUT2D eigenvalue weighted by molar-refractivity contribution is 0.709. The van der Waals surface area contributed by atoms with Gasteiger partial charge < -0.3 is 0 Å². The molecule has 0 saturated carbocycles. The van der Waals surface area contributed by atoms with Crippen LogP contribution in [0.15, 0.2) is 147 Å². The highest BCUT2D eigenvalue weighted by Crippen LogP contribution is 2.14. The van der Waals surface area contributed by atoms with Crippen molar-refractivity contribution < 1.29 is 0 Å². The molecule has 0 fully saturated rings. The average Bonchev–Trinajstić information content (AvgIpc) is 3.04. The third kappa shape index (κ3) is 7.56. The van der Waals surface area contributed by atoms with Crippen LogP contribution in [0.4, 0.5) is 0 Å². The van der Waals surface area contributed by atoms with Crippen molar-refractivity contribution in [2.24, 2.45) is 0 Å². The van der Waals surface area contributed by atoms with Gasteiger partial charge >= 0.3 is 0 Å². The highest BCUT2D eigenvalue weighted by atomic mass is 28.3. The second-order valence-electron chi connectivity index (χ2n) is 10.4. The molecule has 0 heterocycles. The molecule has 0 amide bonds. The first-order valence-corrected chi connectivity index (χ1v) is 19.1. The Morgan fingerprint density at radius 2 is 0.732 bits per heavy atom. The minimum absolute atomic E-state index is 0.919. The van der Waals surface area contributed by atoms with Crippen molar-refractivity contribution in [3.05, 3.63) is 147 Å². The van der Waals surface area contributed by atoms with Gasteiger partial charge in [0.1, 0.15) is 0 Å². The highest BCUT2D eigenvalue weighted by molar-refractivity contribution is 7.08. The Balaban J connectivity index is 1.43. The van der Waals surface area contributed by atoms with E-state index in [9.17, 15) is 0 Å². The summed E-state index contributed by atoms with van der Waals surface area (Å²) in [6.07, 6.45) is 9.29. The standard InChI is InChI=1S/C39H40Si2/c1-3-32-40(36-24-14-10-15-25-36,37-26-16-11-17-27-37)34-22-8-6-5-7-9-23-35-41(33-4-2,38-28-18-12-19-29-38)39-30-20-13-21-31-39/h3-4,10-21,24-31H,1-2,5-9,32-33H2. The van der Waals surface area contributed by atoms with Crippen LogP contribution < -0.4 is 20.7 Å². The van der Waals surface area contributed by atoms with E-state index in [2.05, 4.69) is 170 Å². The van der Waals surface area contributed by atoms with E-state index in [1.54, 1.807) is 0 Å². The van der Waals surface area contributed by atoms with E-state index in [0.29, 0.717) is 0 Å². The smallest absolute Gasteiger partial charge is 0.120 e. The summed E-state index contributed by atoms with van der Waals surface area (Å²) in [4.78, 5) is 0. The summed E-state index contributed by atoms with van der Waals surface area (Å²) < 4.78 is 0. The lowest BCUT2D eigenvalue weighted by atomic mass is 10.1. The van der Waals surface area contributed by atoms with Crippen LogP contribution in [0.25, 0.3) is 0 Å². The van der Waals surface area contributed by atoms with Crippen LogP contribution in [0, 0.1) is 22.9 Å². The predicted molar refractivity (Wildman–Crippen MR) is 184 cm³/mol. The van der Waals surface area contributed by atoms with Gasteiger partial charge in [-0.25, -0.2) is 0 Å². The second kappa shape index (κ2) is 15.6. The minimum Gasteiger partial charge on any atom is -0.120 e. The van der Waals surface area contributed by atoms with Crippen LogP contribution in [0.3, 0.4) is 0 Å². The quantitative estimate of drug-likeness (QED) is 0.0758. The van der Waals surface area contributed by atoms with Crippen molar-refractivity contribution in [3.8, 4) is 22.9 Å². The molecule has 4 aromatic rings. The summed E-state index contributed by atoms with van der Waals surface area (Å²) >= 11 is 0. The maximum Gasteiger partial charge on any atom is 0.202 e. The number of hydrogen-bond acceptors (Lipinski definition) is 0.